The van der Waals surface area contributed by atoms with Crippen LogP contribution in [0.25, 0.3) is 5.57 Å². The summed E-state index contributed by atoms with van der Waals surface area (Å²) in [7, 11) is 3.98. The molecule has 0 amide bonds. The first-order chi connectivity index (χ1) is 16.4. The van der Waals surface area contributed by atoms with E-state index < -0.39 is 16.8 Å². The number of nitrogens with two attached hydrogens (primary N) is 1. The first-order valence-electron chi connectivity index (χ1n) is 9.66. The molecular formula is C22H24ClFN6O3S. The van der Waals surface area contributed by atoms with E-state index in [1.165, 1.54) is 45.8 Å². The van der Waals surface area contributed by atoms with Gasteiger partial charge in [0.2, 0.25) is 11.8 Å². The average molecular weight is 507 g/mol. The smallest absolute Gasteiger partial charge is 0.231 e. The Labute approximate surface area is 204 Å². The zero-order valence-corrected chi connectivity index (χ0v) is 20.6. The number of hydrogen-bond donors (Lipinski definition) is 2. The quantitative estimate of drug-likeness (QED) is 0.579. The van der Waals surface area contributed by atoms with Gasteiger partial charge in [0, 0.05) is 36.2 Å². The van der Waals surface area contributed by atoms with Crippen molar-refractivity contribution in [3.63, 3.8) is 0 Å². The van der Waals surface area contributed by atoms with E-state index in [0.717, 1.165) is 0 Å². The van der Waals surface area contributed by atoms with Gasteiger partial charge in [-0.15, -0.1) is 0 Å². The third-order valence-corrected chi connectivity index (χ3v) is 5.60. The molecule has 0 saturated heterocycles. The summed E-state index contributed by atoms with van der Waals surface area (Å²) in [5.74, 6) is -0.00804. The van der Waals surface area contributed by atoms with Crippen molar-refractivity contribution in [2.24, 2.45) is 20.7 Å². The maximum absolute atomic E-state index is 15.5. The molecule has 0 radical (unpaired) electrons. The highest BCUT2D eigenvalue weighted by molar-refractivity contribution is 7.86. The number of rotatable bonds is 6. The Balaban J connectivity index is 0.00000199. The third kappa shape index (κ3) is 5.93. The van der Waals surface area contributed by atoms with Crippen molar-refractivity contribution in [2.45, 2.75) is 4.90 Å². The number of hydrogen-bond acceptors (Lipinski definition) is 7. The monoisotopic (exact) mass is 506 g/mol. The lowest BCUT2D eigenvalue weighted by Crippen LogP contribution is -2.17. The third-order valence-electron chi connectivity index (χ3n) is 4.30. The molecule has 2 aromatic rings. The molecule has 34 heavy (non-hydrogen) atoms. The lowest BCUT2D eigenvalue weighted by Gasteiger charge is -2.18. The minimum atomic E-state index is -1.90. The molecule has 1 aromatic heterocycles. The van der Waals surface area contributed by atoms with E-state index in [4.69, 9.17) is 21.1 Å². The summed E-state index contributed by atoms with van der Waals surface area (Å²) in [5.41, 5.74) is 5.56. The van der Waals surface area contributed by atoms with Gasteiger partial charge < -0.3 is 15.2 Å². The number of aliphatic imine (C=N–C) groups is 3. The largest absolute Gasteiger partial charge is 0.480 e. The van der Waals surface area contributed by atoms with Crippen LogP contribution in [0.15, 0.2) is 68.2 Å². The van der Waals surface area contributed by atoms with Crippen LogP contribution in [0.2, 0.25) is 5.02 Å². The molecule has 1 unspecified atom stereocenters. The van der Waals surface area contributed by atoms with Crippen LogP contribution in [0.5, 0.6) is 5.88 Å². The summed E-state index contributed by atoms with van der Waals surface area (Å²) in [6.07, 6.45) is 4.47. The molecule has 3 N–H and O–H groups in total. The molecule has 0 saturated carbocycles. The highest BCUT2D eigenvalue weighted by Gasteiger charge is 2.24. The standard InChI is InChI=1S/C21H19ClFN5O3S.CH5N/c1-24-10-12-8-15(20(30-3)27-19(12)25-2)14-6-5-7-16(18(14)23)28-32(29)17-9-13(22)11-26-21(17)31-4;1-2/h5-11,28H,1H2,2-4H3;2H2,1H3/b12-10-,25-19?;. The molecule has 1 aliphatic rings. The fourth-order valence-electron chi connectivity index (χ4n) is 2.89. The second-order valence-electron chi connectivity index (χ2n) is 6.19. The van der Waals surface area contributed by atoms with E-state index >= 15 is 4.39 Å². The average Bonchev–Trinajstić information content (AvgIpc) is 2.86. The predicted octanol–water partition coefficient (Wildman–Crippen LogP) is 3.65. The van der Waals surface area contributed by atoms with Gasteiger partial charge in [-0.1, -0.05) is 23.7 Å². The lowest BCUT2D eigenvalue weighted by molar-refractivity contribution is 0.386. The summed E-state index contributed by atoms with van der Waals surface area (Å²) in [6, 6.07) is 6.05. The topological polar surface area (TPSA) is 124 Å². The highest BCUT2D eigenvalue weighted by Crippen LogP contribution is 2.31. The van der Waals surface area contributed by atoms with Crippen molar-refractivity contribution in [1.82, 2.24) is 4.98 Å². The molecule has 0 bridgehead atoms. The number of nitrogens with one attached hydrogen (secondary N) is 1. The Morgan fingerprint density at radius 2 is 2.03 bits per heavy atom. The van der Waals surface area contributed by atoms with Crippen molar-refractivity contribution in [2.75, 3.05) is 33.0 Å². The fraction of sp³-hybridized carbons (Fsp3) is 0.182. The number of amidine groups is 1. The maximum atomic E-state index is 15.5. The van der Waals surface area contributed by atoms with Gasteiger partial charge in [-0.3, -0.25) is 14.7 Å². The Bertz CT molecular complexity index is 1210. The van der Waals surface area contributed by atoms with E-state index in [-0.39, 0.29) is 32.9 Å². The number of pyridine rings is 1. The van der Waals surface area contributed by atoms with Crippen LogP contribution in [0.3, 0.4) is 0 Å². The van der Waals surface area contributed by atoms with Crippen LogP contribution in [-0.4, -0.2) is 56.0 Å². The lowest BCUT2D eigenvalue weighted by atomic mass is 9.99. The zero-order valence-electron chi connectivity index (χ0n) is 19.0. The minimum Gasteiger partial charge on any atom is -0.480 e. The molecule has 12 heteroatoms. The predicted molar refractivity (Wildman–Crippen MR) is 136 cm³/mol. The van der Waals surface area contributed by atoms with Crippen LogP contribution >= 0.6 is 11.6 Å². The number of dihydropyridines is 1. The molecule has 1 aromatic carbocycles. The number of anilines is 1. The molecule has 9 nitrogen and oxygen atoms in total. The van der Waals surface area contributed by atoms with Gasteiger partial charge in [0.05, 0.1) is 24.9 Å². The van der Waals surface area contributed by atoms with E-state index in [1.54, 1.807) is 25.3 Å². The van der Waals surface area contributed by atoms with E-state index in [0.29, 0.717) is 17.0 Å². The summed E-state index contributed by atoms with van der Waals surface area (Å²) in [6.45, 7) is 3.44. The molecule has 3 rings (SSSR count). The van der Waals surface area contributed by atoms with Crippen LogP contribution in [0, 0.1) is 5.82 Å². The van der Waals surface area contributed by atoms with Crippen molar-refractivity contribution in [3.8, 4) is 5.88 Å². The normalized spacial score (nSPS) is 16.1. The second-order valence-corrected chi connectivity index (χ2v) is 7.81. The van der Waals surface area contributed by atoms with Crippen molar-refractivity contribution >= 4 is 52.3 Å². The van der Waals surface area contributed by atoms with Crippen molar-refractivity contribution in [3.05, 3.63) is 64.7 Å². The van der Waals surface area contributed by atoms with Gasteiger partial charge in [-0.25, -0.2) is 13.6 Å². The van der Waals surface area contributed by atoms with Crippen LogP contribution < -0.4 is 15.2 Å². The number of nitrogens with zero attached hydrogens (tertiary/aromatic N) is 4. The molecule has 1 atom stereocenters. The van der Waals surface area contributed by atoms with Gasteiger partial charge in [0.15, 0.2) is 22.6 Å². The van der Waals surface area contributed by atoms with Crippen LogP contribution in [0.4, 0.5) is 10.1 Å². The van der Waals surface area contributed by atoms with Crippen molar-refractivity contribution < 1.29 is 18.1 Å². The first kappa shape index (κ1) is 26.8. The molecule has 2 heterocycles. The fourth-order valence-corrected chi connectivity index (χ4v) is 4.11. The maximum Gasteiger partial charge on any atom is 0.231 e. The summed E-state index contributed by atoms with van der Waals surface area (Å²) in [4.78, 5) is 16.3. The highest BCUT2D eigenvalue weighted by atomic mass is 35.5. The van der Waals surface area contributed by atoms with Gasteiger partial charge in [0.1, 0.15) is 4.90 Å². The minimum absolute atomic E-state index is 0.0125. The number of benzene rings is 1. The Morgan fingerprint density at radius 1 is 1.29 bits per heavy atom. The van der Waals surface area contributed by atoms with Gasteiger partial charge >= 0.3 is 0 Å². The van der Waals surface area contributed by atoms with Crippen molar-refractivity contribution in [1.29, 1.82) is 0 Å². The molecule has 0 spiro atoms. The van der Waals surface area contributed by atoms with Crippen LogP contribution in [-0.2, 0) is 15.7 Å². The second kappa shape index (κ2) is 12.7. The van der Waals surface area contributed by atoms with Gasteiger partial charge in [0.25, 0.3) is 0 Å². The first-order valence-corrected chi connectivity index (χ1v) is 11.2. The molecule has 1 aliphatic heterocycles. The number of methoxy groups -OCH3 is 2. The van der Waals surface area contributed by atoms with Gasteiger partial charge in [-0.2, -0.15) is 4.99 Å². The molecule has 0 fully saturated rings. The zero-order chi connectivity index (χ0) is 25.3. The number of halogens is 2. The summed E-state index contributed by atoms with van der Waals surface area (Å²) in [5, 5.41) is 0.266. The van der Waals surface area contributed by atoms with Crippen LogP contribution in [0.1, 0.15) is 5.56 Å². The Morgan fingerprint density at radius 3 is 2.65 bits per heavy atom. The molecule has 0 aliphatic carbocycles. The Hall–Kier alpha value is -3.41. The summed E-state index contributed by atoms with van der Waals surface area (Å²) >= 11 is 5.96. The number of ether oxygens (including phenoxy) is 2. The molecular weight excluding hydrogens is 483 g/mol. The van der Waals surface area contributed by atoms with E-state index in [2.05, 4.69) is 37.1 Å². The Kier molecular flexibility index (Phi) is 10.0. The summed E-state index contributed by atoms with van der Waals surface area (Å²) < 4.78 is 41.5. The van der Waals surface area contributed by atoms with E-state index in [1.807, 2.05) is 0 Å². The number of aromatic nitrogens is 1. The molecule has 180 valence electrons. The van der Waals surface area contributed by atoms with Gasteiger partial charge in [-0.05, 0) is 32.0 Å². The van der Waals surface area contributed by atoms with E-state index in [9.17, 15) is 4.21 Å². The SMILES string of the molecule is C=N/C=C1/C=C(c2cccc(NS(=O)c3cc(Cl)cnc3OC)c2F)C(OC)=NC1=NC.CN.